The van der Waals surface area contributed by atoms with Gasteiger partial charge in [-0.15, -0.1) is 0 Å². The van der Waals surface area contributed by atoms with Crippen LogP contribution in [0.25, 0.3) is 0 Å². The molecule has 1 unspecified atom stereocenters. The highest BCUT2D eigenvalue weighted by Crippen LogP contribution is 2.40. The van der Waals surface area contributed by atoms with Gasteiger partial charge in [0.15, 0.2) is 0 Å². The molecule has 0 aliphatic carbocycles. The van der Waals surface area contributed by atoms with Crippen LogP contribution in [0.1, 0.15) is 20.1 Å². The van der Waals surface area contributed by atoms with Gasteiger partial charge >= 0.3 is 5.69 Å². The summed E-state index contributed by atoms with van der Waals surface area (Å²) < 4.78 is 33.2. The van der Waals surface area contributed by atoms with Crippen molar-refractivity contribution >= 4 is 11.7 Å². The topological polar surface area (TPSA) is 119 Å². The normalized spacial score (nSPS) is 24.1. The average Bonchev–Trinajstić information content (AvgIpc) is 2.81. The second-order valence-corrected chi connectivity index (χ2v) is 5.81. The largest absolute Gasteiger partial charge is 0.394 e. The lowest BCUT2D eigenvalue weighted by atomic mass is 10.1. The van der Waals surface area contributed by atoms with E-state index >= 15 is 0 Å². The van der Waals surface area contributed by atoms with Gasteiger partial charge in [-0.3, -0.25) is 9.36 Å². The molecular weight excluding hydrogens is 326 g/mol. The Balaban J connectivity index is 2.19. The number of aliphatic hydroxyl groups is 1. The van der Waals surface area contributed by atoms with Gasteiger partial charge in [0.1, 0.15) is 5.82 Å². The molecule has 0 aromatic carbocycles. The van der Waals surface area contributed by atoms with Crippen molar-refractivity contribution in [3.05, 3.63) is 29.2 Å². The van der Waals surface area contributed by atoms with E-state index in [4.69, 9.17) is 15.6 Å². The summed E-state index contributed by atoms with van der Waals surface area (Å²) in [4.78, 5) is 27.3. The summed E-state index contributed by atoms with van der Waals surface area (Å²) in [7, 11) is 0. The number of nitrogens with one attached hydrogen (secondary N) is 1. The number of amides is 1. The monoisotopic (exact) mass is 345 g/mol. The second kappa shape index (κ2) is 6.91. The van der Waals surface area contributed by atoms with Crippen LogP contribution in [0.5, 0.6) is 0 Å². The number of hydrogen-bond donors (Lipinski definition) is 3. The Bertz CT molecular complexity index is 664. The molecule has 2 rings (SSSR count). The lowest BCUT2D eigenvalue weighted by Crippen LogP contribution is -2.41. The fourth-order valence-electron chi connectivity index (χ4n) is 2.15. The minimum absolute atomic E-state index is 0.0960. The molecule has 1 aliphatic heterocycles. The first kappa shape index (κ1) is 18.4. The molecule has 3 atom stereocenters. The van der Waals surface area contributed by atoms with Crippen molar-refractivity contribution in [3.63, 3.8) is 0 Å². The highest BCUT2D eigenvalue weighted by molar-refractivity contribution is 5.93. The third-order valence-electron chi connectivity index (χ3n) is 3.58. The van der Waals surface area contributed by atoms with E-state index < -0.39 is 42.5 Å². The van der Waals surface area contributed by atoms with Gasteiger partial charge in [0.05, 0.1) is 25.2 Å². The number of nitrogens with zero attached hydrogens (tertiary/aromatic N) is 2. The number of carbonyl (C=O) groups is 1. The number of anilines is 1. The van der Waals surface area contributed by atoms with Gasteiger partial charge in [0.25, 0.3) is 5.92 Å². The molecule has 10 heteroatoms. The van der Waals surface area contributed by atoms with Crippen LogP contribution < -0.4 is 16.7 Å². The molecule has 1 aliphatic rings. The number of hydrogen-bond acceptors (Lipinski definition) is 6. The van der Waals surface area contributed by atoms with E-state index in [1.807, 2.05) is 0 Å². The number of carbonyl (C=O) groups excluding carboxylic acids is 1. The van der Waals surface area contributed by atoms with Gasteiger partial charge in [-0.25, -0.2) is 13.6 Å². The summed E-state index contributed by atoms with van der Waals surface area (Å²) in [5.41, 5.74) is 4.65. The molecule has 1 aromatic rings. The molecule has 4 N–H and O–H groups in total. The van der Waals surface area contributed by atoms with Crippen LogP contribution in [-0.2, 0) is 9.53 Å². The highest BCUT2D eigenvalue weighted by atomic mass is 19.3. The molecule has 1 saturated heterocycles. The van der Waals surface area contributed by atoms with E-state index in [-0.39, 0.29) is 11.7 Å². The summed E-state index contributed by atoms with van der Waals surface area (Å²) in [5.74, 6) is -4.20. The Kier molecular flexibility index (Phi) is 5.31. The van der Waals surface area contributed by atoms with Crippen molar-refractivity contribution in [2.45, 2.75) is 38.1 Å². The molecule has 8 nitrogen and oxygen atoms in total. The van der Waals surface area contributed by atoms with E-state index in [0.29, 0.717) is 11.0 Å². The summed E-state index contributed by atoms with van der Waals surface area (Å²) >= 11 is 0. The van der Waals surface area contributed by atoms with Gasteiger partial charge in [-0.2, -0.15) is 4.98 Å². The van der Waals surface area contributed by atoms with Crippen LogP contribution in [0.2, 0.25) is 0 Å². The van der Waals surface area contributed by atoms with E-state index in [9.17, 15) is 18.4 Å². The van der Waals surface area contributed by atoms with Crippen molar-refractivity contribution in [2.75, 3.05) is 11.9 Å². The molecular formula is C14H19F2N4O4. The summed E-state index contributed by atoms with van der Waals surface area (Å²) in [5, 5.41) is 11.3. The average molecular weight is 345 g/mol. The molecule has 133 valence electrons. The predicted octanol–water partition coefficient (Wildman–Crippen LogP) is -0.106. The molecule has 1 fully saturated rings. The van der Waals surface area contributed by atoms with Crippen molar-refractivity contribution in [1.82, 2.24) is 9.55 Å². The SMILES string of the molecule is CC(C)C(N)C(=O)Nc1ccn([C@@H]2O[C@@H](CO)[CH]C2(F)F)c(=O)n1. The number of halogens is 2. The van der Waals surface area contributed by atoms with Crippen molar-refractivity contribution in [3.8, 4) is 0 Å². The minimum atomic E-state index is -3.44. The van der Waals surface area contributed by atoms with E-state index in [0.717, 1.165) is 6.20 Å². The first-order valence-corrected chi connectivity index (χ1v) is 7.31. The molecule has 1 radical (unpaired) electrons. The zero-order valence-corrected chi connectivity index (χ0v) is 13.1. The van der Waals surface area contributed by atoms with Gasteiger partial charge in [0.2, 0.25) is 12.1 Å². The number of nitrogens with two attached hydrogens (primary N) is 1. The quantitative estimate of drug-likeness (QED) is 0.685. The lowest BCUT2D eigenvalue weighted by molar-refractivity contribution is -0.118. The van der Waals surface area contributed by atoms with Crippen LogP contribution in [-0.4, -0.2) is 45.2 Å². The minimum Gasteiger partial charge on any atom is -0.394 e. The Morgan fingerprint density at radius 2 is 2.25 bits per heavy atom. The maximum Gasteiger partial charge on any atom is 0.351 e. The Labute approximate surface area is 136 Å². The summed E-state index contributed by atoms with van der Waals surface area (Å²) in [6, 6.07) is 0.398. The second-order valence-electron chi connectivity index (χ2n) is 5.81. The fraction of sp³-hybridized carbons (Fsp3) is 0.571. The zero-order valence-electron chi connectivity index (χ0n) is 13.1. The summed E-state index contributed by atoms with van der Waals surface area (Å²) in [6.07, 6.45) is -1.52. The first-order valence-electron chi connectivity index (χ1n) is 7.31. The highest BCUT2D eigenvalue weighted by Gasteiger charge is 2.52. The number of aliphatic hydroxyl groups excluding tert-OH is 1. The van der Waals surface area contributed by atoms with Gasteiger partial charge in [-0.1, -0.05) is 13.8 Å². The fourth-order valence-corrected chi connectivity index (χ4v) is 2.15. The van der Waals surface area contributed by atoms with E-state index in [1.54, 1.807) is 13.8 Å². The van der Waals surface area contributed by atoms with Gasteiger partial charge in [-0.05, 0) is 12.0 Å². The zero-order chi connectivity index (χ0) is 18.1. The number of ether oxygens (including phenoxy) is 1. The van der Waals surface area contributed by atoms with E-state index in [2.05, 4.69) is 10.3 Å². The third-order valence-corrected chi connectivity index (χ3v) is 3.58. The Morgan fingerprint density at radius 1 is 1.58 bits per heavy atom. The molecule has 24 heavy (non-hydrogen) atoms. The van der Waals surface area contributed by atoms with Crippen LogP contribution >= 0.6 is 0 Å². The Hall–Kier alpha value is -1.91. The predicted molar refractivity (Wildman–Crippen MR) is 80.2 cm³/mol. The van der Waals surface area contributed by atoms with Gasteiger partial charge in [0, 0.05) is 6.20 Å². The number of alkyl halides is 2. The maximum absolute atomic E-state index is 13.9. The van der Waals surface area contributed by atoms with Crippen LogP contribution in [0, 0.1) is 12.3 Å². The molecule has 0 spiro atoms. The molecule has 0 bridgehead atoms. The smallest absolute Gasteiger partial charge is 0.351 e. The molecule has 1 aromatic heterocycles. The van der Waals surface area contributed by atoms with E-state index in [1.165, 1.54) is 6.07 Å². The molecule has 0 saturated carbocycles. The molecule has 2 heterocycles. The van der Waals surface area contributed by atoms with Crippen LogP contribution in [0.3, 0.4) is 0 Å². The maximum atomic E-state index is 13.9. The first-order chi connectivity index (χ1) is 11.2. The van der Waals surface area contributed by atoms with Gasteiger partial charge < -0.3 is 20.9 Å². The van der Waals surface area contributed by atoms with Crippen molar-refractivity contribution in [1.29, 1.82) is 0 Å². The van der Waals surface area contributed by atoms with Crippen molar-refractivity contribution < 1.29 is 23.4 Å². The third kappa shape index (κ3) is 3.77. The Morgan fingerprint density at radius 3 is 2.75 bits per heavy atom. The van der Waals surface area contributed by atoms with Crippen molar-refractivity contribution in [2.24, 2.45) is 11.7 Å². The number of aromatic nitrogens is 2. The number of rotatable bonds is 5. The molecule has 1 amide bonds. The summed E-state index contributed by atoms with van der Waals surface area (Å²) in [6.45, 7) is 2.88. The standard InChI is InChI=1S/C14H19F2N4O4/c1-7(2)10(17)11(22)18-9-3-4-20(13(23)19-9)12-14(15,16)5-8(6-21)24-12/h3-5,7-8,10,12,21H,6,17H2,1-2H3,(H,18,19,22,23)/t8-,10?,12-/m1/s1. The van der Waals surface area contributed by atoms with Crippen LogP contribution in [0.15, 0.2) is 17.1 Å². The lowest BCUT2D eigenvalue weighted by Gasteiger charge is -2.20. The van der Waals surface area contributed by atoms with Crippen LogP contribution in [0.4, 0.5) is 14.6 Å².